The van der Waals surface area contributed by atoms with E-state index in [4.69, 9.17) is 33.9 Å². The van der Waals surface area contributed by atoms with Crippen molar-refractivity contribution in [2.75, 3.05) is 19.0 Å². The lowest BCUT2D eigenvalue weighted by atomic mass is 10.0. The van der Waals surface area contributed by atoms with E-state index in [9.17, 15) is 19.2 Å². The number of benzene rings is 2. The number of nitrogens with one attached hydrogen (secondary N) is 1. The summed E-state index contributed by atoms with van der Waals surface area (Å²) >= 11 is 6.21. The van der Waals surface area contributed by atoms with Gasteiger partial charge in [0.1, 0.15) is 11.9 Å². The number of ketones is 1. The van der Waals surface area contributed by atoms with Gasteiger partial charge in [-0.2, -0.15) is 0 Å². The SMILES string of the molecule is C#CC#CCN1C(=O)N(C(C(=O)Nc2cc(C)ccc2Cl)C(=O)c2ccc(OC)cc2)C(=O)C1OC#C. The van der Waals surface area contributed by atoms with Crippen molar-refractivity contribution in [2.24, 2.45) is 0 Å². The van der Waals surface area contributed by atoms with E-state index in [1.54, 1.807) is 25.1 Å². The summed E-state index contributed by atoms with van der Waals surface area (Å²) in [5, 5.41) is 2.73. The highest BCUT2D eigenvalue weighted by Crippen LogP contribution is 2.27. The number of carbonyl (C=O) groups is 4. The monoisotopic (exact) mass is 517 g/mol. The minimum absolute atomic E-state index is 0.0388. The standard InChI is InChI=1S/C27H20ClN3O6/c1-5-7-8-15-30-26(37-6-2)25(34)31(27(30)35)22(23(32)18-10-12-19(36-4)13-11-18)24(33)29-21-16-17(3)9-14-20(21)28/h1-2,9-14,16,22,26H,15H2,3-4H3,(H,29,33). The first-order valence-corrected chi connectivity index (χ1v) is 11.0. The molecule has 9 nitrogen and oxygen atoms in total. The quantitative estimate of drug-likeness (QED) is 0.250. The van der Waals surface area contributed by atoms with Gasteiger partial charge in [-0.25, -0.2) is 9.69 Å². The van der Waals surface area contributed by atoms with Gasteiger partial charge in [-0.1, -0.05) is 30.0 Å². The molecule has 0 aliphatic carbocycles. The van der Waals surface area contributed by atoms with Gasteiger partial charge in [0.2, 0.25) is 0 Å². The molecule has 10 heteroatoms. The molecule has 1 saturated heterocycles. The molecule has 0 radical (unpaired) electrons. The third-order valence-corrected chi connectivity index (χ3v) is 5.61. The molecule has 1 fully saturated rings. The summed E-state index contributed by atoms with van der Waals surface area (Å²) in [6, 6.07) is 7.71. The summed E-state index contributed by atoms with van der Waals surface area (Å²) in [4.78, 5) is 55.1. The number of nitrogens with zero attached hydrogens (tertiary/aromatic N) is 2. The van der Waals surface area contributed by atoms with Crippen molar-refractivity contribution in [3.63, 3.8) is 0 Å². The molecule has 1 aliphatic rings. The Balaban J connectivity index is 2.07. The first-order chi connectivity index (χ1) is 17.7. The maximum Gasteiger partial charge on any atom is 0.332 e. The molecule has 1 aliphatic heterocycles. The van der Waals surface area contributed by atoms with Crippen molar-refractivity contribution in [3.05, 3.63) is 58.6 Å². The Bertz CT molecular complexity index is 1390. The van der Waals surface area contributed by atoms with Crippen molar-refractivity contribution in [1.29, 1.82) is 0 Å². The fourth-order valence-corrected chi connectivity index (χ4v) is 3.70. The fourth-order valence-electron chi connectivity index (χ4n) is 3.53. The summed E-state index contributed by atoms with van der Waals surface area (Å²) in [5.74, 6) is 4.51. The second-order valence-corrected chi connectivity index (χ2v) is 8.03. The largest absolute Gasteiger partial charge is 0.497 e. The van der Waals surface area contributed by atoms with Gasteiger partial charge in [-0.15, -0.1) is 6.42 Å². The molecular formula is C27H20ClN3O6. The number of Topliss-reactive ketones (excluding diaryl/α,β-unsaturated/α-hetero) is 1. The number of terminal acetylenes is 2. The van der Waals surface area contributed by atoms with Crippen LogP contribution in [0.3, 0.4) is 0 Å². The van der Waals surface area contributed by atoms with Crippen molar-refractivity contribution in [1.82, 2.24) is 9.80 Å². The number of aryl methyl sites for hydroxylation is 1. The van der Waals surface area contributed by atoms with Crippen molar-refractivity contribution in [2.45, 2.75) is 19.2 Å². The molecule has 2 aromatic carbocycles. The number of carbonyl (C=O) groups excluding carboxylic acids is 4. The topological polar surface area (TPSA) is 105 Å². The summed E-state index contributed by atoms with van der Waals surface area (Å²) in [6.45, 7) is 1.43. The second kappa shape index (κ2) is 11.7. The molecule has 186 valence electrons. The summed E-state index contributed by atoms with van der Waals surface area (Å²) in [6.07, 6.45) is 10.6. The Hall–Kier alpha value is -4.91. The van der Waals surface area contributed by atoms with E-state index in [2.05, 4.69) is 23.1 Å². The van der Waals surface area contributed by atoms with Crippen LogP contribution in [0.2, 0.25) is 5.02 Å². The van der Waals surface area contributed by atoms with Crippen LogP contribution in [0.1, 0.15) is 15.9 Å². The Morgan fingerprint density at radius 2 is 1.86 bits per heavy atom. The number of ether oxygens (including phenoxy) is 2. The molecular weight excluding hydrogens is 498 g/mol. The molecule has 0 saturated carbocycles. The number of urea groups is 1. The molecule has 3 rings (SSSR count). The van der Waals surface area contributed by atoms with E-state index in [1.165, 1.54) is 31.4 Å². The highest BCUT2D eigenvalue weighted by atomic mass is 35.5. The van der Waals surface area contributed by atoms with Gasteiger partial charge in [0.25, 0.3) is 18.0 Å². The number of amides is 4. The Morgan fingerprint density at radius 1 is 1.16 bits per heavy atom. The van der Waals surface area contributed by atoms with E-state index < -0.39 is 35.9 Å². The van der Waals surface area contributed by atoms with E-state index in [0.717, 1.165) is 10.5 Å². The zero-order chi connectivity index (χ0) is 27.1. The van der Waals surface area contributed by atoms with Crippen LogP contribution in [0.4, 0.5) is 10.5 Å². The van der Waals surface area contributed by atoms with Gasteiger partial charge in [-0.3, -0.25) is 19.3 Å². The molecule has 2 aromatic rings. The Morgan fingerprint density at radius 3 is 2.49 bits per heavy atom. The maximum absolute atomic E-state index is 13.6. The van der Waals surface area contributed by atoms with Gasteiger partial charge < -0.3 is 14.8 Å². The zero-order valence-electron chi connectivity index (χ0n) is 19.8. The molecule has 2 unspecified atom stereocenters. The number of hydrogen-bond donors (Lipinski definition) is 1. The minimum Gasteiger partial charge on any atom is -0.497 e. The summed E-state index contributed by atoms with van der Waals surface area (Å²) < 4.78 is 10.1. The molecule has 1 heterocycles. The van der Waals surface area contributed by atoms with Gasteiger partial charge in [0.15, 0.2) is 11.8 Å². The Labute approximate surface area is 218 Å². The van der Waals surface area contributed by atoms with E-state index in [0.29, 0.717) is 10.6 Å². The average molecular weight is 518 g/mol. The number of rotatable bonds is 8. The van der Waals surface area contributed by atoms with Gasteiger partial charge in [0.05, 0.1) is 24.4 Å². The summed E-state index contributed by atoms with van der Waals surface area (Å²) in [7, 11) is 1.45. The third-order valence-electron chi connectivity index (χ3n) is 5.28. The normalized spacial score (nSPS) is 15.1. The van der Waals surface area contributed by atoms with Gasteiger partial charge in [0, 0.05) is 5.56 Å². The average Bonchev–Trinajstić information content (AvgIpc) is 3.11. The van der Waals surface area contributed by atoms with Crippen LogP contribution in [0.25, 0.3) is 0 Å². The van der Waals surface area contributed by atoms with Crippen molar-refractivity contribution >= 4 is 40.9 Å². The lowest BCUT2D eigenvalue weighted by Gasteiger charge is -2.24. The minimum atomic E-state index is -1.93. The van der Waals surface area contributed by atoms with Crippen LogP contribution < -0.4 is 10.1 Å². The summed E-state index contributed by atoms with van der Waals surface area (Å²) in [5.41, 5.74) is 0.996. The van der Waals surface area contributed by atoms with Crippen LogP contribution >= 0.6 is 11.6 Å². The number of anilines is 1. The lowest BCUT2D eigenvalue weighted by molar-refractivity contribution is -0.139. The molecule has 0 bridgehead atoms. The van der Waals surface area contributed by atoms with E-state index in [-0.39, 0.29) is 22.8 Å². The van der Waals surface area contributed by atoms with Crippen LogP contribution in [0.5, 0.6) is 5.75 Å². The molecule has 4 amide bonds. The fraction of sp³-hybridized carbons (Fsp3) is 0.185. The van der Waals surface area contributed by atoms with Gasteiger partial charge in [-0.05, 0) is 60.7 Å². The van der Waals surface area contributed by atoms with Crippen molar-refractivity contribution in [3.8, 4) is 42.5 Å². The van der Waals surface area contributed by atoms with E-state index >= 15 is 0 Å². The van der Waals surface area contributed by atoms with Crippen LogP contribution in [0, 0.1) is 43.6 Å². The smallest absolute Gasteiger partial charge is 0.332 e. The number of methoxy groups -OCH3 is 1. The molecule has 2 atom stereocenters. The number of imide groups is 1. The number of halogens is 1. The Kier molecular flexibility index (Phi) is 8.43. The lowest BCUT2D eigenvalue weighted by Crippen LogP contribution is -2.52. The number of hydrogen-bond acceptors (Lipinski definition) is 6. The first kappa shape index (κ1) is 26.7. The predicted octanol–water partition coefficient (Wildman–Crippen LogP) is 2.68. The van der Waals surface area contributed by atoms with Crippen LogP contribution in [-0.4, -0.2) is 59.4 Å². The molecule has 0 spiro atoms. The maximum atomic E-state index is 13.6. The van der Waals surface area contributed by atoms with Crippen LogP contribution in [-0.2, 0) is 14.3 Å². The van der Waals surface area contributed by atoms with Crippen molar-refractivity contribution < 1.29 is 28.7 Å². The second-order valence-electron chi connectivity index (χ2n) is 7.62. The van der Waals surface area contributed by atoms with Gasteiger partial charge >= 0.3 is 6.03 Å². The van der Waals surface area contributed by atoms with Crippen LogP contribution in [0.15, 0.2) is 42.5 Å². The highest BCUT2D eigenvalue weighted by molar-refractivity contribution is 6.34. The molecule has 0 aromatic heterocycles. The van der Waals surface area contributed by atoms with E-state index in [1.807, 2.05) is 6.11 Å². The molecule has 37 heavy (non-hydrogen) atoms. The third kappa shape index (κ3) is 5.67. The molecule has 1 N–H and O–H groups in total. The predicted molar refractivity (Wildman–Crippen MR) is 135 cm³/mol. The first-order valence-electron chi connectivity index (χ1n) is 10.7. The highest BCUT2D eigenvalue weighted by Gasteiger charge is 2.53. The zero-order valence-corrected chi connectivity index (χ0v) is 20.5.